The maximum Gasteiger partial charge on any atom is 0.252 e. The van der Waals surface area contributed by atoms with Crippen molar-refractivity contribution in [2.75, 3.05) is 6.54 Å². The van der Waals surface area contributed by atoms with Gasteiger partial charge >= 0.3 is 0 Å². The summed E-state index contributed by atoms with van der Waals surface area (Å²) in [6.07, 6.45) is 0. The largest absolute Gasteiger partial charge is 0.321 e. The van der Waals surface area contributed by atoms with Gasteiger partial charge in [-0.15, -0.1) is 0 Å². The fourth-order valence-electron chi connectivity index (χ4n) is 0.0745. The van der Waals surface area contributed by atoms with E-state index >= 15 is 0 Å². The predicted octanol–water partition coefficient (Wildman–Crippen LogP) is -0.264. The highest BCUT2D eigenvalue weighted by molar-refractivity contribution is 4.80. The van der Waals surface area contributed by atoms with E-state index in [4.69, 9.17) is 5.73 Å². The third-order valence-corrected chi connectivity index (χ3v) is 0.494. The summed E-state index contributed by atoms with van der Waals surface area (Å²) in [6, 6.07) is 0. The van der Waals surface area contributed by atoms with Gasteiger partial charge in [0, 0.05) is 0 Å². The average molecular weight is 102 g/mol. The van der Waals surface area contributed by atoms with Crippen molar-refractivity contribution in [3.05, 3.63) is 22.4 Å². The minimum atomic E-state index is -0.597. The highest BCUT2D eigenvalue weighted by atomic mass is 16.6. The van der Waals surface area contributed by atoms with Gasteiger partial charge in [0.1, 0.15) is 0 Å². The van der Waals surface area contributed by atoms with Gasteiger partial charge in [-0.25, -0.2) is 0 Å². The summed E-state index contributed by atoms with van der Waals surface area (Å²) in [7, 11) is 0. The minimum Gasteiger partial charge on any atom is -0.321 e. The minimum absolute atomic E-state index is 0.0764. The number of nitrogens with zero attached hydrogens (tertiary/aromatic N) is 1. The van der Waals surface area contributed by atoms with Crippen molar-refractivity contribution in [3.63, 3.8) is 0 Å². The average Bonchev–Trinajstić information content (AvgIpc) is 1.65. The second kappa shape index (κ2) is 2.30. The van der Waals surface area contributed by atoms with Crippen LogP contribution < -0.4 is 5.73 Å². The molecule has 0 saturated carbocycles. The van der Waals surface area contributed by atoms with Gasteiger partial charge in [0.2, 0.25) is 0 Å². The number of hydrogen-bond acceptors (Lipinski definition) is 3. The topological polar surface area (TPSA) is 69.2 Å². The van der Waals surface area contributed by atoms with Gasteiger partial charge in [-0.3, -0.25) is 10.1 Å². The molecule has 4 heteroatoms. The van der Waals surface area contributed by atoms with Crippen LogP contribution in [-0.4, -0.2) is 11.5 Å². The number of nitro groups is 1. The quantitative estimate of drug-likeness (QED) is 0.385. The lowest BCUT2D eigenvalue weighted by Gasteiger charge is -1.85. The Morgan fingerprint density at radius 1 is 2.00 bits per heavy atom. The van der Waals surface area contributed by atoms with Crippen molar-refractivity contribution in [1.29, 1.82) is 0 Å². The smallest absolute Gasteiger partial charge is 0.252 e. The van der Waals surface area contributed by atoms with Gasteiger partial charge in [-0.2, -0.15) is 0 Å². The van der Waals surface area contributed by atoms with E-state index in [0.717, 1.165) is 0 Å². The summed E-state index contributed by atoms with van der Waals surface area (Å²) in [5, 5.41) is 9.56. The molecule has 0 radical (unpaired) electrons. The molecule has 0 fully saturated rings. The van der Waals surface area contributed by atoms with E-state index in [-0.39, 0.29) is 12.2 Å². The van der Waals surface area contributed by atoms with Gasteiger partial charge in [-0.05, 0) is 6.58 Å². The normalized spacial score (nSPS) is 8.14. The van der Waals surface area contributed by atoms with Crippen LogP contribution in [0.2, 0.25) is 0 Å². The lowest BCUT2D eigenvalue weighted by Crippen LogP contribution is -2.09. The van der Waals surface area contributed by atoms with Gasteiger partial charge in [-0.1, -0.05) is 0 Å². The maximum absolute atomic E-state index is 9.56. The van der Waals surface area contributed by atoms with E-state index in [1.807, 2.05) is 0 Å². The molecule has 4 nitrogen and oxygen atoms in total. The molecule has 0 spiro atoms. The monoisotopic (exact) mass is 102 g/mol. The van der Waals surface area contributed by atoms with Gasteiger partial charge < -0.3 is 5.73 Å². The first kappa shape index (κ1) is 6.10. The number of rotatable bonds is 2. The Balaban J connectivity index is 3.58. The molecule has 0 heterocycles. The maximum atomic E-state index is 9.56. The predicted molar refractivity (Wildman–Crippen MR) is 25.2 cm³/mol. The van der Waals surface area contributed by atoms with Crippen LogP contribution in [0.15, 0.2) is 12.3 Å². The van der Waals surface area contributed by atoms with E-state index in [2.05, 4.69) is 6.58 Å². The summed E-state index contributed by atoms with van der Waals surface area (Å²) in [5.41, 5.74) is 4.68. The molecule has 40 valence electrons. The fraction of sp³-hybridized carbons (Fsp3) is 0.333. The summed E-state index contributed by atoms with van der Waals surface area (Å²) in [4.78, 5) is 8.96. The van der Waals surface area contributed by atoms with Crippen LogP contribution in [-0.2, 0) is 0 Å². The Morgan fingerprint density at radius 3 is 2.43 bits per heavy atom. The van der Waals surface area contributed by atoms with Crippen molar-refractivity contribution in [3.8, 4) is 0 Å². The van der Waals surface area contributed by atoms with Crippen molar-refractivity contribution in [2.45, 2.75) is 0 Å². The zero-order valence-electron chi connectivity index (χ0n) is 3.76. The van der Waals surface area contributed by atoms with E-state index in [1.165, 1.54) is 0 Å². The lowest BCUT2D eigenvalue weighted by molar-refractivity contribution is -0.424. The van der Waals surface area contributed by atoms with Gasteiger partial charge in [0.05, 0.1) is 11.5 Å². The molecule has 0 amide bonds. The molecule has 0 aromatic carbocycles. The van der Waals surface area contributed by atoms with Gasteiger partial charge in [0.25, 0.3) is 5.70 Å². The van der Waals surface area contributed by atoms with Crippen molar-refractivity contribution >= 4 is 0 Å². The highest BCUT2D eigenvalue weighted by Gasteiger charge is 1.98. The Morgan fingerprint density at radius 2 is 2.43 bits per heavy atom. The number of hydrogen-bond donors (Lipinski definition) is 1. The second-order valence-electron chi connectivity index (χ2n) is 1.03. The molecule has 0 atom stereocenters. The number of nitrogens with two attached hydrogens (primary N) is 1. The van der Waals surface area contributed by atoms with Crippen molar-refractivity contribution < 1.29 is 4.92 Å². The summed E-state index contributed by atoms with van der Waals surface area (Å²) in [5.74, 6) is 0. The molecule has 0 unspecified atom stereocenters. The van der Waals surface area contributed by atoms with Crippen molar-refractivity contribution in [2.24, 2.45) is 5.73 Å². The molecule has 0 aromatic heterocycles. The van der Waals surface area contributed by atoms with E-state index in [1.54, 1.807) is 0 Å². The first-order valence-electron chi connectivity index (χ1n) is 1.70. The molecule has 2 N–H and O–H groups in total. The van der Waals surface area contributed by atoms with Crippen LogP contribution in [0.25, 0.3) is 0 Å². The second-order valence-corrected chi connectivity index (χ2v) is 1.03. The Hall–Kier alpha value is -0.900. The molecule has 0 bridgehead atoms. The Labute approximate surface area is 40.8 Å². The first-order chi connectivity index (χ1) is 3.18. The van der Waals surface area contributed by atoms with Crippen LogP contribution in [0, 0.1) is 10.1 Å². The summed E-state index contributed by atoms with van der Waals surface area (Å²) in [6.45, 7) is 2.97. The molecule has 0 aliphatic rings. The fourth-order valence-corrected chi connectivity index (χ4v) is 0.0745. The molecule has 7 heavy (non-hydrogen) atoms. The van der Waals surface area contributed by atoms with Crippen LogP contribution in [0.3, 0.4) is 0 Å². The van der Waals surface area contributed by atoms with Crippen LogP contribution >= 0.6 is 0 Å². The molecule has 0 rings (SSSR count). The molecule has 0 aromatic rings. The zero-order chi connectivity index (χ0) is 5.86. The van der Waals surface area contributed by atoms with Crippen molar-refractivity contribution in [1.82, 2.24) is 0 Å². The molecular weight excluding hydrogens is 96.0 g/mol. The molecule has 0 saturated heterocycles. The SMILES string of the molecule is C=C(CN)[N+](=O)[O-]. The van der Waals surface area contributed by atoms with Gasteiger partial charge in [0.15, 0.2) is 0 Å². The summed E-state index contributed by atoms with van der Waals surface area (Å²) >= 11 is 0. The Bertz CT molecular complexity index is 99.1. The standard InChI is InChI=1S/C3H6N2O2/c1-3(2-4)5(6)7/h1-2,4H2. The lowest BCUT2D eigenvalue weighted by atomic mass is 10.5. The third kappa shape index (κ3) is 1.88. The first-order valence-corrected chi connectivity index (χ1v) is 1.70. The molecular formula is C3H6N2O2. The highest BCUT2D eigenvalue weighted by Crippen LogP contribution is 1.82. The zero-order valence-corrected chi connectivity index (χ0v) is 3.76. The van der Waals surface area contributed by atoms with E-state index in [9.17, 15) is 10.1 Å². The van der Waals surface area contributed by atoms with Crippen LogP contribution in [0.1, 0.15) is 0 Å². The molecule has 0 aliphatic carbocycles. The van der Waals surface area contributed by atoms with Crippen LogP contribution in [0.4, 0.5) is 0 Å². The Kier molecular flexibility index (Phi) is 2.01. The molecule has 0 aliphatic heterocycles. The third-order valence-electron chi connectivity index (χ3n) is 0.494. The van der Waals surface area contributed by atoms with E-state index < -0.39 is 4.92 Å². The van der Waals surface area contributed by atoms with Crippen LogP contribution in [0.5, 0.6) is 0 Å². The van der Waals surface area contributed by atoms with E-state index in [0.29, 0.717) is 0 Å². The summed E-state index contributed by atoms with van der Waals surface area (Å²) < 4.78 is 0.